The monoisotopic (exact) mass is 439 g/mol. The van der Waals surface area contributed by atoms with Crippen molar-refractivity contribution in [3.05, 3.63) is 69.2 Å². The molecule has 0 aliphatic heterocycles. The Kier molecular flexibility index (Phi) is 7.34. The Balaban J connectivity index is 2.50. The zero-order valence-electron chi connectivity index (χ0n) is 16.0. The van der Waals surface area contributed by atoms with Gasteiger partial charge in [-0.15, -0.1) is 0 Å². The summed E-state index contributed by atoms with van der Waals surface area (Å²) in [6, 6.07) is 9.99. The van der Waals surface area contributed by atoms with Crippen LogP contribution in [0.15, 0.2) is 53.4 Å². The summed E-state index contributed by atoms with van der Waals surface area (Å²) < 4.78 is 27.7. The molecule has 156 valence electrons. The summed E-state index contributed by atoms with van der Waals surface area (Å²) in [6.07, 6.45) is 0.231. The second-order valence-electron chi connectivity index (χ2n) is 6.98. The number of hydrogen-bond acceptors (Lipinski definition) is 5. The zero-order chi connectivity index (χ0) is 21.8. The highest BCUT2D eigenvalue weighted by Crippen LogP contribution is 2.26. The number of amides is 1. The van der Waals surface area contributed by atoms with Gasteiger partial charge >= 0.3 is 0 Å². The Hall–Kier alpha value is -2.49. The number of primary amides is 1. The molecule has 0 fully saturated rings. The van der Waals surface area contributed by atoms with Crippen LogP contribution in [0.1, 0.15) is 25.8 Å². The highest BCUT2D eigenvalue weighted by Gasteiger charge is 2.35. The Morgan fingerprint density at radius 2 is 1.69 bits per heavy atom. The van der Waals surface area contributed by atoms with E-state index in [-0.39, 0.29) is 29.5 Å². The van der Waals surface area contributed by atoms with Crippen LogP contribution in [0.3, 0.4) is 0 Å². The Morgan fingerprint density at radius 1 is 1.14 bits per heavy atom. The summed E-state index contributed by atoms with van der Waals surface area (Å²) in [6.45, 7) is 3.55. The number of nitrogens with zero attached hydrogens (tertiary/aromatic N) is 2. The highest BCUT2D eigenvalue weighted by atomic mass is 35.5. The molecule has 2 rings (SSSR count). The first-order chi connectivity index (χ1) is 13.5. The average molecular weight is 440 g/mol. The van der Waals surface area contributed by atoms with Gasteiger partial charge in [0, 0.05) is 23.7 Å². The van der Waals surface area contributed by atoms with E-state index in [4.69, 9.17) is 17.3 Å². The van der Waals surface area contributed by atoms with Crippen LogP contribution in [0.2, 0.25) is 5.02 Å². The summed E-state index contributed by atoms with van der Waals surface area (Å²) >= 11 is 5.86. The number of nitrogens with two attached hydrogens (primary N) is 1. The number of carbonyl (C=O) groups excluding carboxylic acids is 1. The highest BCUT2D eigenvalue weighted by molar-refractivity contribution is 7.89. The number of rotatable bonds is 9. The molecule has 0 unspecified atom stereocenters. The van der Waals surface area contributed by atoms with Crippen LogP contribution in [0.25, 0.3) is 0 Å². The molecule has 10 heteroatoms. The predicted octanol–water partition coefficient (Wildman–Crippen LogP) is 3.34. The molecule has 2 aromatic carbocycles. The summed E-state index contributed by atoms with van der Waals surface area (Å²) in [4.78, 5) is 22.4. The molecule has 0 saturated heterocycles. The van der Waals surface area contributed by atoms with Crippen LogP contribution >= 0.6 is 11.6 Å². The van der Waals surface area contributed by atoms with Crippen molar-refractivity contribution in [1.82, 2.24) is 4.31 Å². The number of halogens is 1. The molecule has 2 N–H and O–H groups in total. The first-order valence-corrected chi connectivity index (χ1v) is 10.6. The number of sulfonamides is 1. The van der Waals surface area contributed by atoms with Gasteiger partial charge in [0.1, 0.15) is 6.04 Å². The average Bonchev–Trinajstić information content (AvgIpc) is 2.64. The minimum Gasteiger partial charge on any atom is -0.368 e. The number of non-ortho nitro benzene ring substituents is 1. The van der Waals surface area contributed by atoms with Crippen LogP contribution < -0.4 is 5.73 Å². The number of carbonyl (C=O) groups is 1. The van der Waals surface area contributed by atoms with Gasteiger partial charge in [-0.25, -0.2) is 8.42 Å². The number of nitro groups is 1. The van der Waals surface area contributed by atoms with Crippen LogP contribution in [0.5, 0.6) is 0 Å². The van der Waals surface area contributed by atoms with E-state index >= 15 is 0 Å². The molecule has 0 bridgehead atoms. The Labute approximate surface area is 174 Å². The van der Waals surface area contributed by atoms with Crippen LogP contribution in [0, 0.1) is 16.0 Å². The van der Waals surface area contributed by atoms with E-state index in [0.29, 0.717) is 10.6 Å². The smallest absolute Gasteiger partial charge is 0.269 e. The standard InChI is InChI=1S/C19H22ClN3O5S/c1-13(2)11-18(19(21)24)22(12-14-3-7-16(8-4-14)23(25)26)29(27,28)17-9-5-15(20)6-10-17/h3-10,13,18H,11-12H2,1-2H3,(H2,21,24)/t18-/m1/s1. The molecule has 0 heterocycles. The fraction of sp³-hybridized carbons (Fsp3) is 0.316. The minimum atomic E-state index is -4.09. The predicted molar refractivity (Wildman–Crippen MR) is 110 cm³/mol. The van der Waals surface area contributed by atoms with E-state index in [0.717, 1.165) is 4.31 Å². The second-order valence-corrected chi connectivity index (χ2v) is 9.30. The molecule has 0 radical (unpaired) electrons. The van der Waals surface area contributed by atoms with E-state index in [9.17, 15) is 23.3 Å². The van der Waals surface area contributed by atoms with Gasteiger partial charge in [0.05, 0.1) is 9.82 Å². The lowest BCUT2D eigenvalue weighted by Gasteiger charge is -2.30. The third-order valence-corrected chi connectivity index (χ3v) is 6.40. The summed E-state index contributed by atoms with van der Waals surface area (Å²) in [5.41, 5.74) is 5.92. The van der Waals surface area contributed by atoms with Crippen molar-refractivity contribution >= 4 is 33.2 Å². The fourth-order valence-electron chi connectivity index (χ4n) is 2.83. The second kappa shape index (κ2) is 9.34. The summed E-state index contributed by atoms with van der Waals surface area (Å²) in [7, 11) is -4.09. The number of nitro benzene ring substituents is 1. The summed E-state index contributed by atoms with van der Waals surface area (Å²) in [5.74, 6) is -0.759. The molecule has 0 aliphatic rings. The zero-order valence-corrected chi connectivity index (χ0v) is 17.6. The lowest BCUT2D eigenvalue weighted by Crippen LogP contribution is -2.48. The molecule has 0 spiro atoms. The molecule has 0 aromatic heterocycles. The van der Waals surface area contributed by atoms with Gasteiger partial charge < -0.3 is 5.73 Å². The van der Waals surface area contributed by atoms with Crippen molar-refractivity contribution < 1.29 is 18.1 Å². The Bertz CT molecular complexity index is 976. The first-order valence-electron chi connectivity index (χ1n) is 8.82. The maximum absolute atomic E-state index is 13.3. The lowest BCUT2D eigenvalue weighted by atomic mass is 10.0. The van der Waals surface area contributed by atoms with Crippen LogP contribution in [-0.4, -0.2) is 29.6 Å². The van der Waals surface area contributed by atoms with Gasteiger partial charge in [0.2, 0.25) is 15.9 Å². The normalized spacial score (nSPS) is 12.9. The molecular weight excluding hydrogens is 418 g/mol. The van der Waals surface area contributed by atoms with Gasteiger partial charge in [-0.05, 0) is 42.2 Å². The third kappa shape index (κ3) is 5.75. The van der Waals surface area contributed by atoms with Crippen LogP contribution in [-0.2, 0) is 21.4 Å². The van der Waals surface area contributed by atoms with Gasteiger partial charge in [-0.3, -0.25) is 14.9 Å². The van der Waals surface area contributed by atoms with Crippen molar-refractivity contribution in [2.45, 2.75) is 37.8 Å². The molecule has 0 saturated carbocycles. The van der Waals surface area contributed by atoms with E-state index in [1.807, 2.05) is 13.8 Å². The largest absolute Gasteiger partial charge is 0.368 e. The van der Waals surface area contributed by atoms with Crippen LogP contribution in [0.4, 0.5) is 5.69 Å². The molecule has 1 amide bonds. The van der Waals surface area contributed by atoms with Gasteiger partial charge in [-0.1, -0.05) is 37.6 Å². The van der Waals surface area contributed by atoms with Gasteiger partial charge in [0.25, 0.3) is 5.69 Å². The van der Waals surface area contributed by atoms with Gasteiger partial charge in [0.15, 0.2) is 0 Å². The molecule has 8 nitrogen and oxygen atoms in total. The lowest BCUT2D eigenvalue weighted by molar-refractivity contribution is -0.384. The molecule has 29 heavy (non-hydrogen) atoms. The SMILES string of the molecule is CC(C)C[C@H](C(N)=O)N(Cc1ccc([N+](=O)[O-])cc1)S(=O)(=O)c1ccc(Cl)cc1. The quantitative estimate of drug-likeness (QED) is 0.474. The molecule has 2 aromatic rings. The maximum Gasteiger partial charge on any atom is 0.269 e. The first kappa shape index (κ1) is 22.8. The summed E-state index contributed by atoms with van der Waals surface area (Å²) in [5, 5.41) is 11.2. The van der Waals surface area contributed by atoms with Crippen molar-refractivity contribution in [2.24, 2.45) is 11.7 Å². The number of benzene rings is 2. The molecular formula is C19H22ClN3O5S. The van der Waals surface area contributed by atoms with Crippen molar-refractivity contribution in [1.29, 1.82) is 0 Å². The van der Waals surface area contributed by atoms with E-state index in [1.165, 1.54) is 48.5 Å². The van der Waals surface area contributed by atoms with E-state index in [2.05, 4.69) is 0 Å². The minimum absolute atomic E-state index is 0.00674. The van der Waals surface area contributed by atoms with E-state index < -0.39 is 26.9 Å². The van der Waals surface area contributed by atoms with Gasteiger partial charge in [-0.2, -0.15) is 4.31 Å². The maximum atomic E-state index is 13.3. The van der Waals surface area contributed by atoms with Crippen molar-refractivity contribution in [2.75, 3.05) is 0 Å². The van der Waals surface area contributed by atoms with Crippen molar-refractivity contribution in [3.8, 4) is 0 Å². The van der Waals surface area contributed by atoms with Crippen molar-refractivity contribution in [3.63, 3.8) is 0 Å². The Morgan fingerprint density at radius 3 is 2.14 bits per heavy atom. The number of hydrogen-bond donors (Lipinski definition) is 1. The molecule has 0 aliphatic carbocycles. The topological polar surface area (TPSA) is 124 Å². The van der Waals surface area contributed by atoms with E-state index in [1.54, 1.807) is 0 Å². The fourth-order valence-corrected chi connectivity index (χ4v) is 4.55. The third-order valence-electron chi connectivity index (χ3n) is 4.28. The molecule has 1 atom stereocenters.